The standard InChI is InChI=1S/C27H28FN4O5P/c1-5-26(33)31-22-10-8-9-19(13-22)21-14-23-24(20-11-12-29-25(28)15-20)17-32(27(23)30-16-21)18(4)37-38(34,35-6-2)36-7-3/h5,8-18H,1,6-7H2,2-4H3,(H,31,33). The van der Waals surface area contributed by atoms with E-state index in [1.165, 1.54) is 18.3 Å². The zero-order valence-corrected chi connectivity index (χ0v) is 22.2. The van der Waals surface area contributed by atoms with Crippen LogP contribution in [0.25, 0.3) is 33.3 Å². The van der Waals surface area contributed by atoms with Crippen molar-refractivity contribution in [3.05, 3.63) is 79.7 Å². The number of phosphoric acid groups is 1. The number of pyridine rings is 2. The molecule has 38 heavy (non-hydrogen) atoms. The van der Waals surface area contributed by atoms with Gasteiger partial charge in [-0.25, -0.2) is 14.5 Å². The zero-order chi connectivity index (χ0) is 27.3. The van der Waals surface area contributed by atoms with Crippen molar-refractivity contribution in [2.75, 3.05) is 18.5 Å². The molecule has 0 aliphatic carbocycles. The van der Waals surface area contributed by atoms with Crippen LogP contribution in [0.5, 0.6) is 0 Å². The summed E-state index contributed by atoms with van der Waals surface area (Å²) in [6.45, 7) is 8.85. The second-order valence-electron chi connectivity index (χ2n) is 8.17. The molecule has 0 fully saturated rings. The van der Waals surface area contributed by atoms with Crippen molar-refractivity contribution in [1.29, 1.82) is 0 Å². The molecule has 4 aromatic rings. The quantitative estimate of drug-likeness (QED) is 0.128. The van der Waals surface area contributed by atoms with E-state index in [9.17, 15) is 13.8 Å². The Morgan fingerprint density at radius 2 is 1.89 bits per heavy atom. The van der Waals surface area contributed by atoms with Gasteiger partial charge >= 0.3 is 7.82 Å². The maximum atomic E-state index is 14.1. The number of carbonyl (C=O) groups is 1. The van der Waals surface area contributed by atoms with E-state index in [0.29, 0.717) is 27.8 Å². The first kappa shape index (κ1) is 27.3. The molecule has 3 heterocycles. The van der Waals surface area contributed by atoms with Crippen LogP contribution in [0, 0.1) is 5.95 Å². The van der Waals surface area contributed by atoms with Gasteiger partial charge in [0.1, 0.15) is 11.9 Å². The lowest BCUT2D eigenvalue weighted by atomic mass is 10.0. The summed E-state index contributed by atoms with van der Waals surface area (Å²) >= 11 is 0. The van der Waals surface area contributed by atoms with Crippen LogP contribution >= 0.6 is 7.82 Å². The first-order valence-electron chi connectivity index (χ1n) is 12.0. The number of phosphoric ester groups is 1. The monoisotopic (exact) mass is 538 g/mol. The Morgan fingerprint density at radius 1 is 1.13 bits per heavy atom. The van der Waals surface area contributed by atoms with Gasteiger partial charge in [0.25, 0.3) is 0 Å². The molecule has 0 spiro atoms. The molecular weight excluding hydrogens is 510 g/mol. The van der Waals surface area contributed by atoms with Gasteiger partial charge in [0.15, 0.2) is 0 Å². The number of aromatic nitrogens is 3. The Kier molecular flexibility index (Phi) is 8.48. The Balaban J connectivity index is 1.82. The van der Waals surface area contributed by atoms with Gasteiger partial charge < -0.3 is 9.88 Å². The van der Waals surface area contributed by atoms with E-state index in [4.69, 9.17) is 13.6 Å². The molecule has 0 radical (unpaired) electrons. The molecule has 1 amide bonds. The summed E-state index contributed by atoms with van der Waals surface area (Å²) in [5.41, 5.74) is 3.95. The second kappa shape index (κ2) is 11.8. The number of benzene rings is 1. The van der Waals surface area contributed by atoms with Crippen LogP contribution in [0.4, 0.5) is 10.1 Å². The summed E-state index contributed by atoms with van der Waals surface area (Å²) in [6, 6.07) is 12.2. The van der Waals surface area contributed by atoms with E-state index < -0.39 is 20.0 Å². The van der Waals surface area contributed by atoms with Gasteiger partial charge in [0.2, 0.25) is 11.9 Å². The summed E-state index contributed by atoms with van der Waals surface area (Å²) in [5, 5.41) is 3.45. The highest BCUT2D eigenvalue weighted by molar-refractivity contribution is 7.48. The van der Waals surface area contributed by atoms with Crippen LogP contribution in [0.3, 0.4) is 0 Å². The number of carbonyl (C=O) groups excluding carboxylic acids is 1. The van der Waals surface area contributed by atoms with Crippen LogP contribution in [0.15, 0.2) is 73.7 Å². The number of amides is 1. The third kappa shape index (κ3) is 6.06. The number of hydrogen-bond donors (Lipinski definition) is 1. The van der Waals surface area contributed by atoms with Gasteiger partial charge in [0.05, 0.1) is 13.2 Å². The summed E-state index contributed by atoms with van der Waals surface area (Å²) in [7, 11) is -3.83. The van der Waals surface area contributed by atoms with Crippen LogP contribution in [-0.2, 0) is 22.9 Å². The molecule has 1 unspecified atom stereocenters. The molecule has 11 heteroatoms. The molecule has 0 saturated carbocycles. The van der Waals surface area contributed by atoms with E-state index in [1.807, 2.05) is 24.3 Å². The van der Waals surface area contributed by atoms with E-state index in [0.717, 1.165) is 11.1 Å². The molecule has 0 aliphatic heterocycles. The molecule has 1 aromatic carbocycles. The van der Waals surface area contributed by atoms with E-state index >= 15 is 0 Å². The zero-order valence-electron chi connectivity index (χ0n) is 21.3. The molecule has 198 valence electrons. The van der Waals surface area contributed by atoms with Gasteiger partial charge in [-0.1, -0.05) is 18.7 Å². The van der Waals surface area contributed by atoms with Gasteiger partial charge in [-0.2, -0.15) is 4.39 Å². The van der Waals surface area contributed by atoms with Gasteiger partial charge in [-0.3, -0.25) is 18.4 Å². The summed E-state index contributed by atoms with van der Waals surface area (Å²) < 4.78 is 45.1. The number of nitrogens with one attached hydrogen (secondary N) is 1. The lowest BCUT2D eigenvalue weighted by molar-refractivity contribution is -0.111. The fraction of sp³-hybridized carbons (Fsp3) is 0.222. The highest BCUT2D eigenvalue weighted by Crippen LogP contribution is 2.52. The Hall–Kier alpha value is -3.69. The first-order chi connectivity index (χ1) is 18.3. The van der Waals surface area contributed by atoms with Crippen LogP contribution in [0.1, 0.15) is 27.0 Å². The maximum Gasteiger partial charge on any atom is 0.476 e. The third-order valence-electron chi connectivity index (χ3n) is 5.60. The first-order valence-corrected chi connectivity index (χ1v) is 13.5. The van der Waals surface area contributed by atoms with Crippen molar-refractivity contribution in [2.24, 2.45) is 0 Å². The second-order valence-corrected chi connectivity index (χ2v) is 9.80. The minimum atomic E-state index is -3.83. The molecular formula is C27H28FN4O5P. The van der Waals surface area contributed by atoms with Crippen molar-refractivity contribution >= 4 is 30.5 Å². The fourth-order valence-electron chi connectivity index (χ4n) is 3.99. The largest absolute Gasteiger partial charge is 0.476 e. The van der Waals surface area contributed by atoms with Crippen LogP contribution in [-0.4, -0.2) is 33.7 Å². The van der Waals surface area contributed by atoms with E-state index in [-0.39, 0.29) is 19.1 Å². The number of fused-ring (bicyclic) bond motifs is 1. The van der Waals surface area contributed by atoms with Gasteiger partial charge in [0, 0.05) is 46.9 Å². The van der Waals surface area contributed by atoms with Crippen molar-refractivity contribution in [3.63, 3.8) is 0 Å². The number of halogens is 1. The molecule has 4 rings (SSSR count). The number of anilines is 1. The van der Waals surface area contributed by atoms with Gasteiger partial charge in [-0.05, 0) is 62.2 Å². The Bertz CT molecular complexity index is 1510. The summed E-state index contributed by atoms with van der Waals surface area (Å²) in [4.78, 5) is 20.1. The molecule has 9 nitrogen and oxygen atoms in total. The fourth-order valence-corrected chi connectivity index (χ4v) is 5.29. The molecule has 3 aromatic heterocycles. The Morgan fingerprint density at radius 3 is 2.58 bits per heavy atom. The van der Waals surface area contributed by atoms with Crippen LogP contribution in [0.2, 0.25) is 0 Å². The normalized spacial score (nSPS) is 12.4. The van der Waals surface area contributed by atoms with Crippen molar-refractivity contribution in [3.8, 4) is 22.3 Å². The average molecular weight is 539 g/mol. The smallest absolute Gasteiger partial charge is 0.323 e. The minimum Gasteiger partial charge on any atom is -0.323 e. The van der Waals surface area contributed by atoms with E-state index in [2.05, 4.69) is 21.9 Å². The molecule has 1 N–H and O–H groups in total. The predicted molar refractivity (Wildman–Crippen MR) is 144 cm³/mol. The molecule has 0 aliphatic rings. The summed E-state index contributed by atoms with van der Waals surface area (Å²) in [5.74, 6) is -0.945. The lowest BCUT2D eigenvalue weighted by Gasteiger charge is -2.22. The highest BCUT2D eigenvalue weighted by Gasteiger charge is 2.30. The van der Waals surface area contributed by atoms with Gasteiger partial charge in [-0.15, -0.1) is 0 Å². The third-order valence-corrected chi connectivity index (χ3v) is 7.32. The molecule has 0 bridgehead atoms. The van der Waals surface area contributed by atoms with Crippen molar-refractivity contribution < 1.29 is 27.3 Å². The molecule has 1 atom stereocenters. The molecule has 0 saturated heterocycles. The summed E-state index contributed by atoms with van der Waals surface area (Å²) in [6.07, 6.45) is 5.22. The Labute approximate surface area is 219 Å². The number of rotatable bonds is 11. The lowest BCUT2D eigenvalue weighted by Crippen LogP contribution is -2.10. The van der Waals surface area contributed by atoms with E-state index in [1.54, 1.807) is 49.9 Å². The number of nitrogens with zero attached hydrogens (tertiary/aromatic N) is 3. The number of hydrogen-bond acceptors (Lipinski definition) is 7. The van der Waals surface area contributed by atoms with Crippen molar-refractivity contribution in [1.82, 2.24) is 14.5 Å². The highest BCUT2D eigenvalue weighted by atomic mass is 31.2. The maximum absolute atomic E-state index is 14.1. The van der Waals surface area contributed by atoms with Crippen LogP contribution < -0.4 is 5.32 Å². The predicted octanol–water partition coefficient (Wildman–Crippen LogP) is 6.75. The van der Waals surface area contributed by atoms with Crippen molar-refractivity contribution in [2.45, 2.75) is 27.0 Å². The topological polar surface area (TPSA) is 105 Å². The minimum absolute atomic E-state index is 0.145. The average Bonchev–Trinajstić information content (AvgIpc) is 3.28. The SMILES string of the molecule is C=CC(=O)Nc1cccc(-c2cnc3c(c2)c(-c2ccnc(F)c2)cn3C(C)OP(=O)(OCC)OCC)c1.